The number of rotatable bonds is 4. The summed E-state index contributed by atoms with van der Waals surface area (Å²) in [4.78, 5) is 2.68. The van der Waals surface area contributed by atoms with E-state index >= 15 is 0 Å². The monoisotopic (exact) mass is 346 g/mol. The quantitative estimate of drug-likeness (QED) is 0.852. The molecule has 0 radical (unpaired) electrons. The van der Waals surface area contributed by atoms with E-state index < -0.39 is 10.0 Å². The average Bonchev–Trinajstić information content (AvgIpc) is 3.25. The molecule has 1 saturated heterocycles. The largest absolute Gasteiger partial charge is 0.468 e. The Kier molecular flexibility index (Phi) is 4.20. The van der Waals surface area contributed by atoms with Gasteiger partial charge >= 0.3 is 0 Å². The summed E-state index contributed by atoms with van der Waals surface area (Å²) < 4.78 is 32.8. The van der Waals surface area contributed by atoms with Gasteiger partial charge in [0.1, 0.15) is 5.76 Å². The van der Waals surface area contributed by atoms with Crippen LogP contribution in [-0.2, 0) is 29.4 Å². The van der Waals surface area contributed by atoms with Crippen LogP contribution >= 0.6 is 0 Å². The Morgan fingerprint density at radius 2 is 1.79 bits per heavy atom. The Labute approximate surface area is 142 Å². The molecule has 0 spiro atoms. The maximum atomic E-state index is 12.9. The lowest BCUT2D eigenvalue weighted by Gasteiger charge is -2.33. The van der Waals surface area contributed by atoms with Crippen LogP contribution in [0, 0.1) is 0 Å². The van der Waals surface area contributed by atoms with E-state index in [0.717, 1.165) is 44.7 Å². The maximum Gasteiger partial charge on any atom is 0.243 e. The van der Waals surface area contributed by atoms with Gasteiger partial charge < -0.3 is 4.42 Å². The van der Waals surface area contributed by atoms with E-state index in [1.54, 1.807) is 16.6 Å². The summed E-state index contributed by atoms with van der Waals surface area (Å²) in [5, 5.41) is 0. The van der Waals surface area contributed by atoms with Crippen LogP contribution in [0.2, 0.25) is 0 Å². The van der Waals surface area contributed by atoms with Crippen LogP contribution < -0.4 is 0 Å². The molecule has 1 aliphatic carbocycles. The predicted octanol–water partition coefficient (Wildman–Crippen LogP) is 2.27. The summed E-state index contributed by atoms with van der Waals surface area (Å²) >= 11 is 0. The van der Waals surface area contributed by atoms with Gasteiger partial charge in [-0.2, -0.15) is 4.31 Å². The molecule has 0 atom stereocenters. The van der Waals surface area contributed by atoms with Crippen LogP contribution in [0.15, 0.2) is 45.9 Å². The third kappa shape index (κ3) is 3.01. The highest BCUT2D eigenvalue weighted by atomic mass is 32.2. The fourth-order valence-electron chi connectivity index (χ4n) is 3.61. The second kappa shape index (κ2) is 6.35. The van der Waals surface area contributed by atoms with Gasteiger partial charge in [0.25, 0.3) is 0 Å². The summed E-state index contributed by atoms with van der Waals surface area (Å²) in [5.74, 6) is 0.921. The van der Waals surface area contributed by atoms with E-state index in [4.69, 9.17) is 4.42 Å². The van der Waals surface area contributed by atoms with E-state index in [1.165, 1.54) is 11.1 Å². The van der Waals surface area contributed by atoms with Gasteiger partial charge in [-0.15, -0.1) is 0 Å². The molecule has 1 aromatic carbocycles. The molecule has 1 fully saturated rings. The van der Waals surface area contributed by atoms with Crippen molar-refractivity contribution in [3.63, 3.8) is 0 Å². The van der Waals surface area contributed by atoms with Gasteiger partial charge in [-0.3, -0.25) is 4.90 Å². The van der Waals surface area contributed by atoms with Crippen LogP contribution in [-0.4, -0.2) is 43.8 Å². The van der Waals surface area contributed by atoms with Crippen molar-refractivity contribution in [2.24, 2.45) is 0 Å². The van der Waals surface area contributed by atoms with Crippen molar-refractivity contribution in [1.29, 1.82) is 0 Å². The first-order chi connectivity index (χ1) is 11.6. The molecule has 4 rings (SSSR count). The highest BCUT2D eigenvalue weighted by Gasteiger charge is 2.29. The SMILES string of the molecule is O=S(=O)(c1ccc2c(c1)CCC2)N1CCN(Cc2ccco2)CC1. The number of furan rings is 1. The summed E-state index contributed by atoms with van der Waals surface area (Å²) in [6, 6.07) is 9.47. The number of piperazine rings is 1. The van der Waals surface area contributed by atoms with Crippen molar-refractivity contribution in [2.75, 3.05) is 26.2 Å². The van der Waals surface area contributed by atoms with Crippen molar-refractivity contribution in [3.05, 3.63) is 53.5 Å². The molecular weight excluding hydrogens is 324 g/mol. The second-order valence-corrected chi connectivity index (χ2v) is 8.48. The molecule has 24 heavy (non-hydrogen) atoms. The summed E-state index contributed by atoms with van der Waals surface area (Å²) in [5.41, 5.74) is 2.50. The van der Waals surface area contributed by atoms with E-state index in [-0.39, 0.29) is 0 Å². The zero-order valence-electron chi connectivity index (χ0n) is 13.6. The average molecular weight is 346 g/mol. The van der Waals surface area contributed by atoms with Gasteiger partial charge in [0.2, 0.25) is 10.0 Å². The van der Waals surface area contributed by atoms with Crippen molar-refractivity contribution in [2.45, 2.75) is 30.7 Å². The molecule has 0 N–H and O–H groups in total. The van der Waals surface area contributed by atoms with Crippen LogP contribution in [0.4, 0.5) is 0 Å². The van der Waals surface area contributed by atoms with Crippen LogP contribution in [0.3, 0.4) is 0 Å². The highest BCUT2D eigenvalue weighted by Crippen LogP contribution is 2.26. The lowest BCUT2D eigenvalue weighted by molar-refractivity contribution is 0.171. The molecule has 0 bridgehead atoms. The Morgan fingerprint density at radius 1 is 1.00 bits per heavy atom. The number of nitrogens with zero attached hydrogens (tertiary/aromatic N) is 2. The minimum Gasteiger partial charge on any atom is -0.468 e. The van der Waals surface area contributed by atoms with Crippen molar-refractivity contribution < 1.29 is 12.8 Å². The molecule has 1 aliphatic heterocycles. The lowest BCUT2D eigenvalue weighted by atomic mass is 10.1. The zero-order valence-corrected chi connectivity index (χ0v) is 14.5. The number of aryl methyl sites for hydroxylation is 2. The topological polar surface area (TPSA) is 53.8 Å². The number of hydrogen-bond donors (Lipinski definition) is 0. The molecular formula is C18H22N2O3S. The Bertz CT molecular complexity index is 807. The fourth-order valence-corrected chi connectivity index (χ4v) is 5.08. The Morgan fingerprint density at radius 3 is 2.54 bits per heavy atom. The minimum atomic E-state index is -3.39. The van der Waals surface area contributed by atoms with Crippen molar-refractivity contribution in [1.82, 2.24) is 9.21 Å². The molecule has 2 aliphatic rings. The second-order valence-electron chi connectivity index (χ2n) is 6.54. The van der Waals surface area contributed by atoms with Gasteiger partial charge in [-0.1, -0.05) is 6.07 Å². The van der Waals surface area contributed by atoms with E-state index in [0.29, 0.717) is 18.0 Å². The molecule has 2 aromatic rings. The van der Waals surface area contributed by atoms with Gasteiger partial charge in [-0.05, 0) is 54.7 Å². The third-order valence-electron chi connectivity index (χ3n) is 5.00. The minimum absolute atomic E-state index is 0.447. The fraction of sp³-hybridized carbons (Fsp3) is 0.444. The zero-order chi connectivity index (χ0) is 16.6. The van der Waals surface area contributed by atoms with Gasteiger partial charge in [0.05, 0.1) is 17.7 Å². The molecule has 2 heterocycles. The van der Waals surface area contributed by atoms with E-state index in [9.17, 15) is 8.42 Å². The molecule has 0 unspecified atom stereocenters. The maximum absolute atomic E-state index is 12.9. The summed E-state index contributed by atoms with van der Waals surface area (Å²) in [7, 11) is -3.39. The van der Waals surface area contributed by atoms with Gasteiger partial charge in [0, 0.05) is 26.2 Å². The third-order valence-corrected chi connectivity index (χ3v) is 6.89. The van der Waals surface area contributed by atoms with Gasteiger partial charge in [-0.25, -0.2) is 8.42 Å². The molecule has 0 saturated carbocycles. The summed E-state index contributed by atoms with van der Waals surface area (Å²) in [6.45, 7) is 3.25. The first kappa shape index (κ1) is 15.9. The van der Waals surface area contributed by atoms with Crippen LogP contribution in [0.1, 0.15) is 23.3 Å². The van der Waals surface area contributed by atoms with Crippen molar-refractivity contribution in [3.8, 4) is 0 Å². The van der Waals surface area contributed by atoms with Crippen LogP contribution in [0.25, 0.3) is 0 Å². The van der Waals surface area contributed by atoms with Crippen LogP contribution in [0.5, 0.6) is 0 Å². The number of hydrogen-bond acceptors (Lipinski definition) is 4. The molecule has 6 heteroatoms. The standard InChI is InChI=1S/C18H22N2O3S/c21-24(22,18-7-6-15-3-1-4-16(15)13-18)20-10-8-19(9-11-20)14-17-5-2-12-23-17/h2,5-7,12-13H,1,3-4,8-11,14H2. The Balaban J connectivity index is 1.44. The highest BCUT2D eigenvalue weighted by molar-refractivity contribution is 7.89. The lowest BCUT2D eigenvalue weighted by Crippen LogP contribution is -2.48. The predicted molar refractivity (Wildman–Crippen MR) is 91.2 cm³/mol. The van der Waals surface area contributed by atoms with Gasteiger partial charge in [0.15, 0.2) is 0 Å². The molecule has 128 valence electrons. The first-order valence-corrected chi connectivity index (χ1v) is 9.94. The number of fused-ring (bicyclic) bond motifs is 1. The van der Waals surface area contributed by atoms with E-state index in [1.807, 2.05) is 24.3 Å². The van der Waals surface area contributed by atoms with E-state index in [2.05, 4.69) is 4.90 Å². The molecule has 1 aromatic heterocycles. The van der Waals surface area contributed by atoms with Crippen molar-refractivity contribution >= 4 is 10.0 Å². The summed E-state index contributed by atoms with van der Waals surface area (Å²) in [6.07, 6.45) is 4.87. The number of benzene rings is 1. The molecule has 0 amide bonds. The molecule has 5 nitrogen and oxygen atoms in total. The first-order valence-electron chi connectivity index (χ1n) is 8.50. The normalized spacial score (nSPS) is 19.5. The smallest absolute Gasteiger partial charge is 0.243 e. The Hall–Kier alpha value is -1.63. The number of sulfonamides is 1.